The molecule has 1 atom stereocenters. The van der Waals surface area contributed by atoms with Crippen LogP contribution in [0.5, 0.6) is 0 Å². The van der Waals surface area contributed by atoms with Crippen LogP contribution in [0.4, 0.5) is 0 Å². The van der Waals surface area contributed by atoms with Gasteiger partial charge in [0.05, 0.1) is 6.21 Å². The number of hydrazone groups is 1. The van der Waals surface area contributed by atoms with Crippen LogP contribution in [0.1, 0.15) is 18.9 Å². The van der Waals surface area contributed by atoms with Crippen LogP contribution in [0.2, 0.25) is 0 Å². The minimum Gasteiger partial charge on any atom is -0.273 e. The molecule has 1 saturated heterocycles. The molecule has 0 bridgehead atoms. The molecule has 2 rings (SSSR count). The van der Waals surface area contributed by atoms with E-state index in [-0.39, 0.29) is 11.8 Å². The minimum atomic E-state index is 0.123. The van der Waals surface area contributed by atoms with Gasteiger partial charge in [-0.3, -0.25) is 4.79 Å². The lowest BCUT2D eigenvalue weighted by molar-refractivity contribution is -0.130. The van der Waals surface area contributed by atoms with E-state index in [0.717, 1.165) is 18.5 Å². The van der Waals surface area contributed by atoms with Gasteiger partial charge in [-0.15, -0.1) is 0 Å². The fourth-order valence-electron chi connectivity index (χ4n) is 1.59. The molecular weight excluding hydrogens is 188 g/mol. The lowest BCUT2D eigenvalue weighted by Crippen LogP contribution is -2.20. The topological polar surface area (TPSA) is 32.7 Å². The summed E-state index contributed by atoms with van der Waals surface area (Å²) in [6.07, 6.45) is 2.64. The molecule has 15 heavy (non-hydrogen) atoms. The first-order chi connectivity index (χ1) is 7.27. The Balaban J connectivity index is 2.04. The van der Waals surface area contributed by atoms with Gasteiger partial charge >= 0.3 is 0 Å². The smallest absolute Gasteiger partial charge is 0.245 e. The van der Waals surface area contributed by atoms with Crippen LogP contribution in [-0.2, 0) is 4.79 Å². The summed E-state index contributed by atoms with van der Waals surface area (Å²) in [5.74, 6) is 0.250. The SMILES string of the molecule is CC1CCN(/N=C/c2ccccc2)C1=O. The third-order valence-corrected chi connectivity index (χ3v) is 2.60. The van der Waals surface area contributed by atoms with Gasteiger partial charge in [0.2, 0.25) is 5.91 Å². The number of carbonyl (C=O) groups is 1. The highest BCUT2D eigenvalue weighted by atomic mass is 16.2. The molecular formula is C12H14N2O. The average molecular weight is 202 g/mol. The Morgan fingerprint density at radius 2 is 2.13 bits per heavy atom. The fourth-order valence-corrected chi connectivity index (χ4v) is 1.59. The Hall–Kier alpha value is -1.64. The maximum absolute atomic E-state index is 11.5. The molecule has 0 aliphatic carbocycles. The van der Waals surface area contributed by atoms with Crippen LogP contribution in [0.15, 0.2) is 35.4 Å². The van der Waals surface area contributed by atoms with Gasteiger partial charge in [0.1, 0.15) is 0 Å². The summed E-state index contributed by atoms with van der Waals surface area (Å²) in [5.41, 5.74) is 1.02. The van der Waals surface area contributed by atoms with Crippen molar-refractivity contribution in [2.45, 2.75) is 13.3 Å². The summed E-state index contributed by atoms with van der Waals surface area (Å²) >= 11 is 0. The van der Waals surface area contributed by atoms with Crippen LogP contribution < -0.4 is 0 Å². The van der Waals surface area contributed by atoms with Crippen LogP contribution in [0.3, 0.4) is 0 Å². The molecule has 1 aliphatic rings. The number of hydrogen-bond donors (Lipinski definition) is 0. The van der Waals surface area contributed by atoms with Crippen LogP contribution in [0.25, 0.3) is 0 Å². The normalized spacial score (nSPS) is 21.5. The lowest BCUT2D eigenvalue weighted by Gasteiger charge is -2.07. The summed E-state index contributed by atoms with van der Waals surface area (Å²) in [6.45, 7) is 2.68. The van der Waals surface area contributed by atoms with Crippen molar-refractivity contribution in [2.24, 2.45) is 11.0 Å². The van der Waals surface area contributed by atoms with Crippen LogP contribution in [0, 0.1) is 5.92 Å². The van der Waals surface area contributed by atoms with Crippen molar-refractivity contribution in [3.63, 3.8) is 0 Å². The van der Waals surface area contributed by atoms with E-state index in [4.69, 9.17) is 0 Å². The van der Waals surface area contributed by atoms with E-state index >= 15 is 0 Å². The first kappa shape index (κ1) is 9.90. The van der Waals surface area contributed by atoms with Crippen molar-refractivity contribution >= 4 is 12.1 Å². The van der Waals surface area contributed by atoms with Crippen LogP contribution >= 0.6 is 0 Å². The third kappa shape index (κ3) is 2.24. The van der Waals surface area contributed by atoms with E-state index in [2.05, 4.69) is 5.10 Å². The quantitative estimate of drug-likeness (QED) is 0.674. The molecule has 0 N–H and O–H groups in total. The van der Waals surface area contributed by atoms with Crippen molar-refractivity contribution in [1.82, 2.24) is 5.01 Å². The maximum Gasteiger partial charge on any atom is 0.245 e. The third-order valence-electron chi connectivity index (χ3n) is 2.60. The number of benzene rings is 1. The van der Waals surface area contributed by atoms with Crippen molar-refractivity contribution in [3.8, 4) is 0 Å². The highest BCUT2D eigenvalue weighted by Crippen LogP contribution is 2.16. The van der Waals surface area contributed by atoms with Gasteiger partial charge in [0.25, 0.3) is 0 Å². The van der Waals surface area contributed by atoms with Gasteiger partial charge in [-0.05, 0) is 12.0 Å². The Morgan fingerprint density at radius 3 is 2.73 bits per heavy atom. The summed E-state index contributed by atoms with van der Waals surface area (Å²) in [5, 5.41) is 5.74. The molecule has 1 aromatic rings. The van der Waals surface area contributed by atoms with E-state index in [9.17, 15) is 4.79 Å². The van der Waals surface area contributed by atoms with E-state index in [1.54, 1.807) is 11.2 Å². The van der Waals surface area contributed by atoms with Gasteiger partial charge in [-0.25, -0.2) is 5.01 Å². The number of amides is 1. The van der Waals surface area contributed by atoms with Gasteiger partial charge in [-0.2, -0.15) is 5.10 Å². The number of hydrogen-bond acceptors (Lipinski definition) is 2. The minimum absolute atomic E-state index is 0.123. The Morgan fingerprint density at radius 1 is 1.40 bits per heavy atom. The van der Waals surface area contributed by atoms with Gasteiger partial charge in [0, 0.05) is 12.5 Å². The highest BCUT2D eigenvalue weighted by Gasteiger charge is 2.27. The number of nitrogens with zero attached hydrogens (tertiary/aromatic N) is 2. The summed E-state index contributed by atoms with van der Waals surface area (Å²) in [6, 6.07) is 9.80. The van der Waals surface area contributed by atoms with Crippen molar-refractivity contribution in [1.29, 1.82) is 0 Å². The predicted molar refractivity (Wildman–Crippen MR) is 59.5 cm³/mol. The Kier molecular flexibility index (Phi) is 2.81. The molecule has 1 fully saturated rings. The largest absolute Gasteiger partial charge is 0.273 e. The molecule has 0 saturated carbocycles. The first-order valence-electron chi connectivity index (χ1n) is 5.18. The predicted octanol–water partition coefficient (Wildman–Crippen LogP) is 1.89. The van der Waals surface area contributed by atoms with Crippen molar-refractivity contribution < 1.29 is 4.79 Å². The Bertz CT molecular complexity index is 372. The summed E-state index contributed by atoms with van der Waals surface area (Å²) in [4.78, 5) is 11.5. The molecule has 1 heterocycles. The maximum atomic E-state index is 11.5. The second-order valence-corrected chi connectivity index (χ2v) is 3.81. The zero-order chi connectivity index (χ0) is 10.7. The monoisotopic (exact) mass is 202 g/mol. The van der Waals surface area contributed by atoms with Crippen molar-refractivity contribution in [2.75, 3.05) is 6.54 Å². The van der Waals surface area contributed by atoms with Crippen LogP contribution in [-0.4, -0.2) is 23.7 Å². The average Bonchev–Trinajstić information content (AvgIpc) is 2.59. The summed E-state index contributed by atoms with van der Waals surface area (Å²) in [7, 11) is 0. The molecule has 1 aliphatic heterocycles. The zero-order valence-corrected chi connectivity index (χ0v) is 8.76. The number of carbonyl (C=O) groups excluding carboxylic acids is 1. The van der Waals surface area contributed by atoms with E-state index in [0.29, 0.717) is 0 Å². The second kappa shape index (κ2) is 4.26. The van der Waals surface area contributed by atoms with E-state index < -0.39 is 0 Å². The van der Waals surface area contributed by atoms with Crippen molar-refractivity contribution in [3.05, 3.63) is 35.9 Å². The highest BCUT2D eigenvalue weighted by molar-refractivity contribution is 5.84. The van der Waals surface area contributed by atoms with E-state index in [1.165, 1.54) is 0 Å². The second-order valence-electron chi connectivity index (χ2n) is 3.81. The van der Waals surface area contributed by atoms with Gasteiger partial charge < -0.3 is 0 Å². The molecule has 1 amide bonds. The molecule has 3 nitrogen and oxygen atoms in total. The lowest BCUT2D eigenvalue weighted by atomic mass is 10.1. The van der Waals surface area contributed by atoms with E-state index in [1.807, 2.05) is 37.3 Å². The van der Waals surface area contributed by atoms with Gasteiger partial charge in [-0.1, -0.05) is 37.3 Å². The fraction of sp³-hybridized carbons (Fsp3) is 0.333. The summed E-state index contributed by atoms with van der Waals surface area (Å²) < 4.78 is 0. The molecule has 78 valence electrons. The molecule has 0 spiro atoms. The van der Waals surface area contributed by atoms with Gasteiger partial charge in [0.15, 0.2) is 0 Å². The molecule has 1 unspecified atom stereocenters. The molecule has 0 radical (unpaired) electrons. The zero-order valence-electron chi connectivity index (χ0n) is 8.76. The standard InChI is InChI=1S/C12H14N2O/c1-10-7-8-14(12(10)15)13-9-11-5-3-2-4-6-11/h2-6,9-10H,7-8H2,1H3/b13-9+. The molecule has 1 aromatic carbocycles. The number of rotatable bonds is 2. The Labute approximate surface area is 89.4 Å². The molecule has 0 aromatic heterocycles. The first-order valence-corrected chi connectivity index (χ1v) is 5.18. The molecule has 3 heteroatoms.